The molecule has 88 valence electrons. The smallest absolute Gasteiger partial charge is 0.133 e. The van der Waals surface area contributed by atoms with Gasteiger partial charge in [-0.05, 0) is 37.6 Å². The molecule has 3 rings (SSSR count). The van der Waals surface area contributed by atoms with Crippen LogP contribution in [0.3, 0.4) is 0 Å². The minimum absolute atomic E-state index is 0.121. The van der Waals surface area contributed by atoms with Crippen LogP contribution in [-0.4, -0.2) is 6.54 Å². The molecule has 1 saturated heterocycles. The Morgan fingerprint density at radius 1 is 1.41 bits per heavy atom. The van der Waals surface area contributed by atoms with Gasteiger partial charge in [0.25, 0.3) is 0 Å². The predicted molar refractivity (Wildman–Crippen MR) is 72.0 cm³/mol. The first kappa shape index (κ1) is 11.1. The maximum atomic E-state index is 5.59. The van der Waals surface area contributed by atoms with Gasteiger partial charge in [-0.2, -0.15) is 0 Å². The van der Waals surface area contributed by atoms with E-state index in [1.54, 1.807) is 6.26 Å². The van der Waals surface area contributed by atoms with Crippen molar-refractivity contribution in [3.63, 3.8) is 0 Å². The molecular weight excluding hydrogens is 278 g/mol. The quantitative estimate of drug-likeness (QED) is 0.739. The largest absolute Gasteiger partial charge is 0.465 e. The summed E-state index contributed by atoms with van der Waals surface area (Å²) < 4.78 is 6.63. The highest BCUT2D eigenvalue weighted by Crippen LogP contribution is 2.42. The van der Waals surface area contributed by atoms with Gasteiger partial charge in [0.05, 0.1) is 11.8 Å². The van der Waals surface area contributed by atoms with Crippen LogP contribution < -0.4 is 10.1 Å². The van der Waals surface area contributed by atoms with Crippen molar-refractivity contribution in [2.75, 3.05) is 6.54 Å². The maximum Gasteiger partial charge on any atom is 0.133 e. The Balaban J connectivity index is 2.10. The predicted octanol–water partition coefficient (Wildman–Crippen LogP) is 3.49. The molecular formula is C14H14BrNO. The zero-order chi connectivity index (χ0) is 11.9. The topological polar surface area (TPSA) is 21.3 Å². The second-order valence-corrected chi connectivity index (χ2v) is 5.55. The average molecular weight is 292 g/mol. The minimum atomic E-state index is -0.121. The van der Waals surface area contributed by atoms with E-state index in [-0.39, 0.29) is 5.54 Å². The highest BCUT2D eigenvalue weighted by molar-refractivity contribution is 9.10. The number of piperidine rings is 1. The van der Waals surface area contributed by atoms with Gasteiger partial charge in [0.2, 0.25) is 0 Å². The molecule has 0 saturated carbocycles. The Bertz CT molecular complexity index is 509. The van der Waals surface area contributed by atoms with E-state index < -0.39 is 0 Å². The fraction of sp³-hybridized carbons (Fsp3) is 0.286. The Hall–Kier alpha value is -1.06. The van der Waals surface area contributed by atoms with E-state index in [1.807, 2.05) is 6.07 Å². The zero-order valence-electron chi connectivity index (χ0n) is 9.50. The second kappa shape index (κ2) is 4.00. The lowest BCUT2D eigenvalue weighted by molar-refractivity contribution is 0.329. The summed E-state index contributed by atoms with van der Waals surface area (Å²) in [4.78, 5) is 0. The Morgan fingerprint density at radius 2 is 2.29 bits per heavy atom. The molecule has 0 radical (unpaired) electrons. The van der Waals surface area contributed by atoms with Crippen molar-refractivity contribution in [2.45, 2.75) is 18.4 Å². The number of hydrogen-bond donors (Lipinski definition) is 1. The minimum Gasteiger partial charge on any atom is -0.465 e. The molecule has 1 aromatic rings. The third-order valence-electron chi connectivity index (χ3n) is 3.42. The standard InChI is InChI=1S/C14H14BrNO/c1-10-4-6-16-14(9-10)5-7-17-13-8-11(15)2-3-12(13)14/h2-3,5,7-8,16H,1,4,6,9H2/t14-/m0/s1. The van der Waals surface area contributed by atoms with E-state index in [4.69, 9.17) is 4.74 Å². The number of rotatable bonds is 0. The second-order valence-electron chi connectivity index (χ2n) is 4.64. The Labute approximate surface area is 109 Å². The summed E-state index contributed by atoms with van der Waals surface area (Å²) >= 11 is 3.47. The van der Waals surface area contributed by atoms with Crippen LogP contribution in [0.2, 0.25) is 0 Å². The SMILES string of the molecule is C=C1CCN[C@@]2(C=COc3cc(Br)ccc32)C1. The van der Waals surface area contributed by atoms with E-state index in [0.717, 1.165) is 29.6 Å². The fourth-order valence-corrected chi connectivity index (χ4v) is 2.93. The average Bonchev–Trinajstić information content (AvgIpc) is 2.28. The van der Waals surface area contributed by atoms with Crippen molar-refractivity contribution in [1.82, 2.24) is 5.32 Å². The third-order valence-corrected chi connectivity index (χ3v) is 3.91. The van der Waals surface area contributed by atoms with Crippen LogP contribution in [-0.2, 0) is 5.54 Å². The van der Waals surface area contributed by atoms with Crippen molar-refractivity contribution in [1.29, 1.82) is 0 Å². The molecule has 1 spiro atoms. The summed E-state index contributed by atoms with van der Waals surface area (Å²) in [7, 11) is 0. The van der Waals surface area contributed by atoms with Gasteiger partial charge in [-0.1, -0.05) is 34.1 Å². The number of fused-ring (bicyclic) bond motifs is 2. The van der Waals surface area contributed by atoms with Crippen LogP contribution in [0.4, 0.5) is 0 Å². The van der Waals surface area contributed by atoms with Gasteiger partial charge in [0.1, 0.15) is 5.75 Å². The molecule has 0 aromatic heterocycles. The van der Waals surface area contributed by atoms with Crippen molar-refractivity contribution in [3.05, 3.63) is 52.7 Å². The van der Waals surface area contributed by atoms with Crippen LogP contribution in [0.1, 0.15) is 18.4 Å². The molecule has 1 N–H and O–H groups in total. The first-order valence-corrected chi connectivity index (χ1v) is 6.55. The molecule has 2 aliphatic rings. The van der Waals surface area contributed by atoms with Crippen LogP contribution in [0.15, 0.2) is 47.2 Å². The number of halogens is 1. The molecule has 1 fully saturated rings. The van der Waals surface area contributed by atoms with Crippen LogP contribution in [0.25, 0.3) is 0 Å². The molecule has 0 aliphatic carbocycles. The third kappa shape index (κ3) is 1.83. The van der Waals surface area contributed by atoms with Crippen LogP contribution >= 0.6 is 15.9 Å². The molecule has 0 unspecified atom stereocenters. The molecule has 1 aromatic carbocycles. The lowest BCUT2D eigenvalue weighted by Gasteiger charge is -2.39. The molecule has 3 heteroatoms. The highest BCUT2D eigenvalue weighted by Gasteiger charge is 2.36. The fourth-order valence-electron chi connectivity index (χ4n) is 2.59. The van der Waals surface area contributed by atoms with E-state index in [1.165, 1.54) is 11.1 Å². The van der Waals surface area contributed by atoms with Crippen molar-refractivity contribution >= 4 is 15.9 Å². The number of benzene rings is 1. The van der Waals surface area contributed by atoms with Crippen molar-refractivity contribution in [3.8, 4) is 5.75 Å². The van der Waals surface area contributed by atoms with Gasteiger partial charge in [0.15, 0.2) is 0 Å². The van der Waals surface area contributed by atoms with Gasteiger partial charge in [-0.3, -0.25) is 0 Å². The van der Waals surface area contributed by atoms with E-state index in [9.17, 15) is 0 Å². The van der Waals surface area contributed by atoms with Crippen LogP contribution in [0, 0.1) is 0 Å². The normalized spacial score (nSPS) is 26.8. The number of hydrogen-bond acceptors (Lipinski definition) is 2. The molecule has 2 heterocycles. The summed E-state index contributed by atoms with van der Waals surface area (Å²) in [6, 6.07) is 6.19. The summed E-state index contributed by atoms with van der Waals surface area (Å²) in [5, 5.41) is 3.60. The van der Waals surface area contributed by atoms with E-state index in [0.29, 0.717) is 0 Å². The van der Waals surface area contributed by atoms with Crippen LogP contribution in [0.5, 0.6) is 5.75 Å². The number of ether oxygens (including phenoxy) is 1. The Kier molecular flexibility index (Phi) is 2.60. The van der Waals surface area contributed by atoms with Gasteiger partial charge < -0.3 is 10.1 Å². The lowest BCUT2D eigenvalue weighted by atomic mass is 9.79. The summed E-state index contributed by atoms with van der Waals surface area (Å²) in [5.41, 5.74) is 2.37. The summed E-state index contributed by atoms with van der Waals surface area (Å²) in [6.07, 6.45) is 5.89. The molecule has 1 atom stereocenters. The van der Waals surface area contributed by atoms with Gasteiger partial charge in [-0.25, -0.2) is 0 Å². The summed E-state index contributed by atoms with van der Waals surface area (Å²) in [5.74, 6) is 0.920. The summed E-state index contributed by atoms with van der Waals surface area (Å²) in [6.45, 7) is 5.10. The molecule has 2 aliphatic heterocycles. The molecule has 2 nitrogen and oxygen atoms in total. The van der Waals surface area contributed by atoms with Gasteiger partial charge >= 0.3 is 0 Å². The van der Waals surface area contributed by atoms with Crippen molar-refractivity contribution in [2.24, 2.45) is 0 Å². The zero-order valence-corrected chi connectivity index (χ0v) is 11.1. The molecule has 17 heavy (non-hydrogen) atoms. The first-order chi connectivity index (χ1) is 8.20. The molecule has 0 amide bonds. The van der Waals surface area contributed by atoms with Crippen molar-refractivity contribution < 1.29 is 4.74 Å². The van der Waals surface area contributed by atoms with Gasteiger partial charge in [0, 0.05) is 10.0 Å². The monoisotopic (exact) mass is 291 g/mol. The number of nitrogens with one attached hydrogen (secondary N) is 1. The Morgan fingerprint density at radius 3 is 3.12 bits per heavy atom. The van der Waals surface area contributed by atoms with E-state index >= 15 is 0 Å². The molecule has 0 bridgehead atoms. The van der Waals surface area contributed by atoms with Gasteiger partial charge in [-0.15, -0.1) is 0 Å². The highest BCUT2D eigenvalue weighted by atomic mass is 79.9. The lowest BCUT2D eigenvalue weighted by Crippen LogP contribution is -2.46. The maximum absolute atomic E-state index is 5.59. The first-order valence-electron chi connectivity index (χ1n) is 5.76. The van der Waals surface area contributed by atoms with E-state index in [2.05, 4.69) is 46.0 Å².